The lowest BCUT2D eigenvalue weighted by molar-refractivity contribution is 0.100. The molecule has 2 heterocycles. The molecule has 0 unspecified atom stereocenters. The summed E-state index contributed by atoms with van der Waals surface area (Å²) in [6.07, 6.45) is 1.45. The third kappa shape index (κ3) is 2.83. The topological polar surface area (TPSA) is 85.3 Å². The largest absolute Gasteiger partial charge is 0.469 e. The first kappa shape index (κ1) is 16.0. The van der Waals surface area contributed by atoms with E-state index in [1.54, 1.807) is 13.0 Å². The number of hydrogen-bond acceptors (Lipinski definition) is 4. The molecule has 3 N–H and O–H groups in total. The van der Waals surface area contributed by atoms with Gasteiger partial charge in [-0.25, -0.2) is 0 Å². The Morgan fingerprint density at radius 1 is 1.12 bits per heavy atom. The van der Waals surface area contributed by atoms with Crippen LogP contribution in [0.1, 0.15) is 31.4 Å². The van der Waals surface area contributed by atoms with Crippen LogP contribution < -0.4 is 11.1 Å². The number of primary amides is 1. The van der Waals surface area contributed by atoms with Crippen molar-refractivity contribution < 1.29 is 14.0 Å². The van der Waals surface area contributed by atoms with Gasteiger partial charge in [-0.1, -0.05) is 30.3 Å². The average Bonchev–Trinajstić information content (AvgIpc) is 3.11. The number of furan rings is 1. The molecule has 0 aliphatic carbocycles. The van der Waals surface area contributed by atoms with Crippen molar-refractivity contribution in [2.75, 3.05) is 5.32 Å². The van der Waals surface area contributed by atoms with Crippen LogP contribution in [0.15, 0.2) is 47.1 Å². The summed E-state index contributed by atoms with van der Waals surface area (Å²) in [6.45, 7) is 3.61. The predicted molar refractivity (Wildman–Crippen MR) is 94.4 cm³/mol. The lowest BCUT2D eigenvalue weighted by atomic mass is 10.0. The number of aryl methyl sites for hydroxylation is 2. The molecule has 2 amide bonds. The van der Waals surface area contributed by atoms with Crippen molar-refractivity contribution in [3.8, 4) is 11.1 Å². The van der Waals surface area contributed by atoms with Crippen molar-refractivity contribution in [1.82, 2.24) is 0 Å². The molecule has 24 heavy (non-hydrogen) atoms. The highest BCUT2D eigenvalue weighted by atomic mass is 32.1. The van der Waals surface area contributed by atoms with Gasteiger partial charge in [0.25, 0.3) is 11.8 Å². The SMILES string of the molecule is Cc1occc1C(=O)Nc1sc(C)c(-c2ccccc2)c1C(N)=O. The molecule has 0 fully saturated rings. The molecule has 3 aromatic rings. The molecule has 0 bridgehead atoms. The molecule has 0 saturated heterocycles. The van der Waals surface area contributed by atoms with Crippen LogP contribution in [0.2, 0.25) is 0 Å². The van der Waals surface area contributed by atoms with Gasteiger partial charge < -0.3 is 15.5 Å². The molecule has 0 aliphatic rings. The Morgan fingerprint density at radius 2 is 1.83 bits per heavy atom. The van der Waals surface area contributed by atoms with E-state index in [1.165, 1.54) is 17.6 Å². The molecule has 3 rings (SSSR count). The third-order valence-corrected chi connectivity index (χ3v) is 4.74. The number of nitrogens with two attached hydrogens (primary N) is 1. The van der Waals surface area contributed by atoms with Crippen LogP contribution in [-0.2, 0) is 0 Å². The van der Waals surface area contributed by atoms with Gasteiger partial charge in [-0.15, -0.1) is 11.3 Å². The fraction of sp³-hybridized carbons (Fsp3) is 0.111. The second-order valence-corrected chi connectivity index (χ2v) is 6.54. The van der Waals surface area contributed by atoms with E-state index in [-0.39, 0.29) is 5.91 Å². The molecular formula is C18H16N2O3S. The zero-order valence-corrected chi connectivity index (χ0v) is 14.1. The van der Waals surface area contributed by atoms with Crippen molar-refractivity contribution in [3.63, 3.8) is 0 Å². The van der Waals surface area contributed by atoms with Crippen LogP contribution in [0, 0.1) is 13.8 Å². The van der Waals surface area contributed by atoms with Crippen molar-refractivity contribution in [2.45, 2.75) is 13.8 Å². The first-order chi connectivity index (χ1) is 11.5. The van der Waals surface area contributed by atoms with Crippen LogP contribution in [-0.4, -0.2) is 11.8 Å². The van der Waals surface area contributed by atoms with Gasteiger partial charge in [-0.3, -0.25) is 9.59 Å². The Balaban J connectivity index is 2.05. The van der Waals surface area contributed by atoms with Crippen LogP contribution in [0.4, 0.5) is 5.00 Å². The number of hydrogen-bond donors (Lipinski definition) is 2. The molecule has 0 atom stereocenters. The average molecular weight is 340 g/mol. The molecular weight excluding hydrogens is 324 g/mol. The smallest absolute Gasteiger partial charge is 0.259 e. The number of anilines is 1. The maximum atomic E-state index is 12.4. The minimum atomic E-state index is -0.572. The molecule has 0 saturated carbocycles. The summed E-state index contributed by atoms with van der Waals surface area (Å²) in [6, 6.07) is 11.1. The Bertz CT molecular complexity index is 910. The van der Waals surface area contributed by atoms with E-state index in [2.05, 4.69) is 5.32 Å². The molecule has 6 heteroatoms. The highest BCUT2D eigenvalue weighted by molar-refractivity contribution is 7.17. The van der Waals surface area contributed by atoms with Crippen LogP contribution in [0.25, 0.3) is 11.1 Å². The van der Waals surface area contributed by atoms with Crippen molar-refractivity contribution in [3.05, 3.63) is 64.4 Å². The molecule has 5 nitrogen and oxygen atoms in total. The van der Waals surface area contributed by atoms with Gasteiger partial charge in [-0.05, 0) is 25.5 Å². The first-order valence-corrected chi connectivity index (χ1v) is 8.14. The van der Waals surface area contributed by atoms with Gasteiger partial charge in [0, 0.05) is 10.4 Å². The molecule has 122 valence electrons. The Morgan fingerprint density at radius 3 is 2.42 bits per heavy atom. The number of carbonyl (C=O) groups excluding carboxylic acids is 2. The fourth-order valence-electron chi connectivity index (χ4n) is 2.61. The van der Waals surface area contributed by atoms with Crippen molar-refractivity contribution in [2.24, 2.45) is 5.73 Å². The van der Waals surface area contributed by atoms with E-state index in [0.29, 0.717) is 21.9 Å². The molecule has 0 spiro atoms. The number of thiophene rings is 1. The zero-order valence-electron chi connectivity index (χ0n) is 13.3. The van der Waals surface area contributed by atoms with Gasteiger partial charge in [0.1, 0.15) is 10.8 Å². The molecule has 0 radical (unpaired) electrons. The van der Waals surface area contributed by atoms with Gasteiger partial charge in [0.05, 0.1) is 17.4 Å². The summed E-state index contributed by atoms with van der Waals surface area (Å²) in [4.78, 5) is 25.3. The summed E-state index contributed by atoms with van der Waals surface area (Å²) in [5.41, 5.74) is 7.99. The quantitative estimate of drug-likeness (QED) is 0.753. The van der Waals surface area contributed by atoms with Crippen molar-refractivity contribution in [1.29, 1.82) is 0 Å². The number of carbonyl (C=O) groups is 2. The lowest BCUT2D eigenvalue weighted by Crippen LogP contribution is -2.17. The number of amides is 2. The zero-order chi connectivity index (χ0) is 17.3. The van der Waals surface area contributed by atoms with Gasteiger partial charge in [0.2, 0.25) is 0 Å². The van der Waals surface area contributed by atoms with E-state index >= 15 is 0 Å². The summed E-state index contributed by atoms with van der Waals surface area (Å²) in [7, 11) is 0. The highest BCUT2D eigenvalue weighted by Crippen LogP contribution is 2.39. The van der Waals surface area contributed by atoms with E-state index in [9.17, 15) is 9.59 Å². The van der Waals surface area contributed by atoms with Gasteiger partial charge >= 0.3 is 0 Å². The number of rotatable bonds is 4. The van der Waals surface area contributed by atoms with Crippen LogP contribution >= 0.6 is 11.3 Å². The predicted octanol–water partition coefficient (Wildman–Crippen LogP) is 3.98. The van der Waals surface area contributed by atoms with Crippen LogP contribution in [0.5, 0.6) is 0 Å². The van der Waals surface area contributed by atoms with Crippen LogP contribution in [0.3, 0.4) is 0 Å². The molecule has 2 aromatic heterocycles. The second kappa shape index (κ2) is 6.33. The van der Waals surface area contributed by atoms with E-state index in [0.717, 1.165) is 16.0 Å². The van der Waals surface area contributed by atoms with Gasteiger partial charge in [0.15, 0.2) is 0 Å². The monoisotopic (exact) mass is 340 g/mol. The lowest BCUT2D eigenvalue weighted by Gasteiger charge is -2.06. The minimum Gasteiger partial charge on any atom is -0.469 e. The molecule has 1 aromatic carbocycles. The fourth-order valence-corrected chi connectivity index (χ4v) is 3.69. The van der Waals surface area contributed by atoms with Crippen molar-refractivity contribution >= 4 is 28.2 Å². The standard InChI is InChI=1S/C18H16N2O3S/c1-10-13(8-9-23-10)17(22)20-18-15(16(19)21)14(11(2)24-18)12-6-4-3-5-7-12/h3-9H,1-2H3,(H2,19,21)(H,20,22). The summed E-state index contributed by atoms with van der Waals surface area (Å²) in [5.74, 6) is -0.383. The Hall–Kier alpha value is -2.86. The van der Waals surface area contributed by atoms with E-state index < -0.39 is 5.91 Å². The minimum absolute atomic E-state index is 0.329. The molecule has 0 aliphatic heterocycles. The highest BCUT2D eigenvalue weighted by Gasteiger charge is 2.23. The number of nitrogens with one attached hydrogen (secondary N) is 1. The third-order valence-electron chi connectivity index (χ3n) is 3.72. The maximum Gasteiger partial charge on any atom is 0.259 e. The van der Waals surface area contributed by atoms with E-state index in [1.807, 2.05) is 37.3 Å². The van der Waals surface area contributed by atoms with E-state index in [4.69, 9.17) is 10.2 Å². The first-order valence-electron chi connectivity index (χ1n) is 7.33. The summed E-state index contributed by atoms with van der Waals surface area (Å²) < 4.78 is 5.15. The Labute approximate surface area is 143 Å². The second-order valence-electron chi connectivity index (χ2n) is 5.31. The number of benzene rings is 1. The summed E-state index contributed by atoms with van der Waals surface area (Å²) >= 11 is 1.33. The normalized spacial score (nSPS) is 10.6. The van der Waals surface area contributed by atoms with Gasteiger partial charge in [-0.2, -0.15) is 0 Å². The Kier molecular flexibility index (Phi) is 4.22. The maximum absolute atomic E-state index is 12.4. The summed E-state index contributed by atoms with van der Waals surface area (Å²) in [5, 5.41) is 3.23.